The van der Waals surface area contributed by atoms with Crippen LogP contribution in [0.4, 0.5) is 0 Å². The SMILES string of the molecule is COc1c(O)ccc2c1[C@]13CCN(CC4CC4)[C@H](C2)[C@]1(O)CC[C@H](N(C)C(=O)C#Cc1ccc(C)c(C)c1)C3. The highest BCUT2D eigenvalue weighted by atomic mass is 16.5. The van der Waals surface area contributed by atoms with Gasteiger partial charge in [0, 0.05) is 48.1 Å². The van der Waals surface area contributed by atoms with E-state index in [0.717, 1.165) is 60.5 Å². The summed E-state index contributed by atoms with van der Waals surface area (Å²) in [5.41, 5.74) is 3.74. The molecule has 0 unspecified atom stereocenters. The number of fused-ring (bicyclic) bond motifs is 1. The van der Waals surface area contributed by atoms with Gasteiger partial charge in [-0.1, -0.05) is 18.1 Å². The maximum absolute atomic E-state index is 13.3. The number of carbonyl (C=O) groups is 1. The first-order chi connectivity index (χ1) is 18.7. The molecule has 2 aromatic rings. The van der Waals surface area contributed by atoms with Gasteiger partial charge in [0.2, 0.25) is 0 Å². The molecule has 2 saturated carbocycles. The minimum absolute atomic E-state index is 0.0279. The Bertz CT molecular complexity index is 1370. The maximum atomic E-state index is 13.3. The topological polar surface area (TPSA) is 73.2 Å². The lowest BCUT2D eigenvalue weighted by Gasteiger charge is -2.65. The van der Waals surface area contributed by atoms with E-state index < -0.39 is 11.0 Å². The molecule has 206 valence electrons. The van der Waals surface area contributed by atoms with E-state index in [0.29, 0.717) is 18.6 Å². The quantitative estimate of drug-likeness (QED) is 0.585. The highest BCUT2D eigenvalue weighted by Gasteiger charge is 2.66. The number of aliphatic hydroxyl groups is 1. The third kappa shape index (κ3) is 4.22. The van der Waals surface area contributed by atoms with E-state index in [-0.39, 0.29) is 23.7 Å². The number of phenolic OH excluding ortho intramolecular Hbond substituents is 1. The molecular weight excluding hydrogens is 488 g/mol. The molecule has 0 aromatic heterocycles. The van der Waals surface area contributed by atoms with Crippen molar-refractivity contribution < 1.29 is 19.7 Å². The first-order valence-corrected chi connectivity index (χ1v) is 14.4. The van der Waals surface area contributed by atoms with E-state index in [2.05, 4.69) is 23.7 Å². The molecule has 4 aliphatic rings. The zero-order chi connectivity index (χ0) is 27.5. The van der Waals surface area contributed by atoms with Crippen molar-refractivity contribution in [2.75, 3.05) is 27.2 Å². The summed E-state index contributed by atoms with van der Waals surface area (Å²) >= 11 is 0. The molecule has 6 nitrogen and oxygen atoms in total. The summed E-state index contributed by atoms with van der Waals surface area (Å²) in [6, 6.07) is 9.69. The van der Waals surface area contributed by atoms with Crippen LogP contribution in [0.1, 0.15) is 66.3 Å². The van der Waals surface area contributed by atoms with Crippen LogP contribution in [0.2, 0.25) is 0 Å². The first kappa shape index (κ1) is 26.2. The number of rotatable bonds is 4. The molecule has 3 fully saturated rings. The molecule has 2 bridgehead atoms. The summed E-state index contributed by atoms with van der Waals surface area (Å²) in [5, 5.41) is 23.4. The highest BCUT2D eigenvalue weighted by Crippen LogP contribution is 2.61. The fraction of sp³-hybridized carbons (Fsp3) is 0.545. The molecule has 6 rings (SSSR count). The molecule has 0 spiro atoms. The van der Waals surface area contributed by atoms with Crippen molar-refractivity contribution in [3.8, 4) is 23.3 Å². The van der Waals surface area contributed by atoms with Crippen molar-refractivity contribution in [3.05, 3.63) is 58.1 Å². The molecule has 1 aliphatic heterocycles. The van der Waals surface area contributed by atoms with Crippen molar-refractivity contribution in [2.45, 2.75) is 81.9 Å². The van der Waals surface area contributed by atoms with E-state index in [9.17, 15) is 15.0 Å². The molecule has 1 amide bonds. The van der Waals surface area contributed by atoms with Crippen LogP contribution in [0.5, 0.6) is 11.5 Å². The molecular formula is C33H40N2O4. The van der Waals surface area contributed by atoms with E-state index in [1.165, 1.54) is 18.4 Å². The number of likely N-dealkylation sites (tertiary alicyclic amines) is 1. The molecule has 39 heavy (non-hydrogen) atoms. The average Bonchev–Trinajstić information content (AvgIpc) is 3.74. The van der Waals surface area contributed by atoms with Gasteiger partial charge in [-0.2, -0.15) is 0 Å². The molecule has 3 aliphatic carbocycles. The molecule has 4 atom stereocenters. The van der Waals surface area contributed by atoms with Crippen LogP contribution in [0.25, 0.3) is 0 Å². The molecule has 1 saturated heterocycles. The Labute approximate surface area is 232 Å². The number of methoxy groups -OCH3 is 1. The fourth-order valence-electron chi connectivity index (χ4n) is 7.75. The highest BCUT2D eigenvalue weighted by molar-refractivity contribution is 5.94. The molecule has 2 N–H and O–H groups in total. The Morgan fingerprint density at radius 2 is 1.95 bits per heavy atom. The largest absolute Gasteiger partial charge is 0.504 e. The average molecular weight is 529 g/mol. The number of carbonyl (C=O) groups excluding carboxylic acids is 1. The van der Waals surface area contributed by atoms with E-state index >= 15 is 0 Å². The smallest absolute Gasteiger partial charge is 0.298 e. The summed E-state index contributed by atoms with van der Waals surface area (Å²) in [5.74, 6) is 7.05. The summed E-state index contributed by atoms with van der Waals surface area (Å²) in [4.78, 5) is 17.6. The van der Waals surface area contributed by atoms with Crippen molar-refractivity contribution >= 4 is 5.91 Å². The van der Waals surface area contributed by atoms with Gasteiger partial charge in [-0.3, -0.25) is 9.69 Å². The van der Waals surface area contributed by atoms with Gasteiger partial charge in [-0.05, 0) is 106 Å². The minimum atomic E-state index is -0.945. The Morgan fingerprint density at radius 3 is 2.67 bits per heavy atom. The Hall–Kier alpha value is -3.01. The number of aromatic hydroxyl groups is 1. The summed E-state index contributed by atoms with van der Waals surface area (Å²) < 4.78 is 5.80. The normalized spacial score (nSPS) is 29.5. The summed E-state index contributed by atoms with van der Waals surface area (Å²) in [6.07, 6.45) is 6.02. The van der Waals surface area contributed by atoms with Gasteiger partial charge < -0.3 is 19.8 Å². The second-order valence-corrected chi connectivity index (χ2v) is 12.4. The van der Waals surface area contributed by atoms with Crippen LogP contribution in [0.3, 0.4) is 0 Å². The van der Waals surface area contributed by atoms with Crippen LogP contribution in [0, 0.1) is 31.6 Å². The zero-order valence-corrected chi connectivity index (χ0v) is 23.6. The summed E-state index contributed by atoms with van der Waals surface area (Å²) in [6.45, 7) is 6.06. The predicted octanol–water partition coefficient (Wildman–Crippen LogP) is 4.09. The summed E-state index contributed by atoms with van der Waals surface area (Å²) in [7, 11) is 3.43. The van der Waals surface area contributed by atoms with Crippen LogP contribution >= 0.6 is 0 Å². The Balaban J connectivity index is 1.34. The van der Waals surface area contributed by atoms with Crippen molar-refractivity contribution in [1.82, 2.24) is 9.80 Å². The van der Waals surface area contributed by atoms with Gasteiger partial charge in [-0.25, -0.2) is 0 Å². The van der Waals surface area contributed by atoms with Crippen molar-refractivity contribution in [1.29, 1.82) is 0 Å². The van der Waals surface area contributed by atoms with E-state index in [4.69, 9.17) is 4.74 Å². The van der Waals surface area contributed by atoms with Crippen LogP contribution in [-0.2, 0) is 16.6 Å². The number of benzene rings is 2. The van der Waals surface area contributed by atoms with Gasteiger partial charge in [0.05, 0.1) is 12.7 Å². The first-order valence-electron chi connectivity index (χ1n) is 14.4. The van der Waals surface area contributed by atoms with Gasteiger partial charge in [0.1, 0.15) is 0 Å². The van der Waals surface area contributed by atoms with E-state index in [1.807, 2.05) is 38.2 Å². The van der Waals surface area contributed by atoms with Crippen LogP contribution < -0.4 is 4.74 Å². The van der Waals surface area contributed by atoms with Gasteiger partial charge in [0.15, 0.2) is 11.5 Å². The lowest BCUT2D eigenvalue weighted by atomic mass is 9.48. The number of hydrogen-bond acceptors (Lipinski definition) is 5. The molecule has 6 heteroatoms. The fourth-order valence-corrected chi connectivity index (χ4v) is 7.75. The van der Waals surface area contributed by atoms with Crippen LogP contribution in [0.15, 0.2) is 30.3 Å². The van der Waals surface area contributed by atoms with Gasteiger partial charge >= 0.3 is 0 Å². The van der Waals surface area contributed by atoms with Gasteiger partial charge in [-0.15, -0.1) is 0 Å². The van der Waals surface area contributed by atoms with Crippen LogP contribution in [-0.4, -0.2) is 70.9 Å². The number of ether oxygens (including phenoxy) is 1. The minimum Gasteiger partial charge on any atom is -0.504 e. The number of aryl methyl sites for hydroxylation is 2. The lowest BCUT2D eigenvalue weighted by molar-refractivity contribution is -0.178. The number of hydrogen-bond donors (Lipinski definition) is 2. The van der Waals surface area contributed by atoms with Gasteiger partial charge in [0.25, 0.3) is 5.91 Å². The number of nitrogens with zero attached hydrogens (tertiary/aromatic N) is 2. The Morgan fingerprint density at radius 1 is 1.15 bits per heavy atom. The second-order valence-electron chi connectivity index (χ2n) is 12.4. The number of piperidine rings is 1. The monoisotopic (exact) mass is 528 g/mol. The van der Waals surface area contributed by atoms with Crippen molar-refractivity contribution in [3.63, 3.8) is 0 Å². The Kier molecular flexibility index (Phi) is 6.44. The third-order valence-corrected chi connectivity index (χ3v) is 10.3. The lowest BCUT2D eigenvalue weighted by Crippen LogP contribution is -2.74. The maximum Gasteiger partial charge on any atom is 0.298 e. The number of phenols is 1. The number of amides is 1. The molecule has 1 heterocycles. The predicted molar refractivity (Wildman–Crippen MR) is 151 cm³/mol. The zero-order valence-electron chi connectivity index (χ0n) is 23.6. The molecule has 2 aromatic carbocycles. The molecule has 0 radical (unpaired) electrons. The van der Waals surface area contributed by atoms with E-state index in [1.54, 1.807) is 18.1 Å². The standard InChI is InChI=1S/C33H40N2O4/c1-21-5-6-23(17-22(21)2)9-12-29(37)34(3)26-13-14-33(38)28-18-25-10-11-27(36)31(39-4)30(25)32(33,19-26)15-16-35(28)20-24-7-8-24/h5-6,10-11,17,24,26,28,36,38H,7-8,13-16,18-20H2,1-4H3/t26-,28+,32+,33+/m0/s1. The van der Waals surface area contributed by atoms with Crippen molar-refractivity contribution in [2.24, 2.45) is 5.92 Å². The second kappa shape index (κ2) is 9.57. The third-order valence-electron chi connectivity index (χ3n) is 10.3.